The minimum atomic E-state index is -4.36. The van der Waals surface area contributed by atoms with E-state index in [4.69, 9.17) is 4.74 Å². The number of rotatable bonds is 1. The van der Waals surface area contributed by atoms with Crippen LogP contribution in [0, 0.1) is 0 Å². The highest BCUT2D eigenvalue weighted by molar-refractivity contribution is 5.85. The number of nitrogens with one attached hydrogen (secondary N) is 1. The highest BCUT2D eigenvalue weighted by Crippen LogP contribution is 2.38. The van der Waals surface area contributed by atoms with Gasteiger partial charge in [0.15, 0.2) is 0 Å². The lowest BCUT2D eigenvalue weighted by molar-refractivity contribution is -0.141. The van der Waals surface area contributed by atoms with Crippen LogP contribution < -0.4 is 5.32 Å². The first-order valence-corrected chi connectivity index (χ1v) is 5.41. The van der Waals surface area contributed by atoms with Gasteiger partial charge in [-0.1, -0.05) is 18.2 Å². The molecule has 0 saturated carbocycles. The summed E-state index contributed by atoms with van der Waals surface area (Å²) in [5.41, 5.74) is -1.58. The van der Waals surface area contributed by atoms with Crippen molar-refractivity contribution in [2.45, 2.75) is 31.8 Å². The molecule has 1 heterocycles. The first-order valence-electron chi connectivity index (χ1n) is 5.41. The third-order valence-corrected chi connectivity index (χ3v) is 2.89. The molecule has 0 aromatic heterocycles. The minimum Gasteiger partial charge on any atom is -0.355 e. The van der Waals surface area contributed by atoms with E-state index in [1.165, 1.54) is 12.1 Å². The van der Waals surface area contributed by atoms with Crippen molar-refractivity contribution in [2.24, 2.45) is 0 Å². The molecule has 1 aromatic carbocycles. The molecule has 2 rings (SSSR count). The summed E-state index contributed by atoms with van der Waals surface area (Å²) in [7, 11) is 0. The largest absolute Gasteiger partial charge is 0.416 e. The molecule has 1 fully saturated rings. The van der Waals surface area contributed by atoms with E-state index in [0.717, 1.165) is 6.07 Å². The van der Waals surface area contributed by atoms with Gasteiger partial charge in [0.2, 0.25) is 0 Å². The van der Waals surface area contributed by atoms with Gasteiger partial charge in [-0.05, 0) is 19.9 Å². The van der Waals surface area contributed by atoms with Crippen LogP contribution in [0.25, 0.3) is 0 Å². The zero-order chi connectivity index (χ0) is 12.7. The number of hydrogen-bond acceptors (Lipinski definition) is 2. The van der Waals surface area contributed by atoms with Crippen LogP contribution >= 0.6 is 12.4 Å². The number of ether oxygens (including phenoxy) is 1. The lowest BCUT2D eigenvalue weighted by atomic mass is 9.98. The molecule has 0 bridgehead atoms. The summed E-state index contributed by atoms with van der Waals surface area (Å²) in [6.07, 6.45) is -4.36. The van der Waals surface area contributed by atoms with Crippen molar-refractivity contribution >= 4 is 12.4 Å². The minimum absolute atomic E-state index is 0. The molecule has 2 unspecified atom stereocenters. The SMILES string of the molecule is CC1COC(C)(c2ccccc2C(F)(F)F)N1.Cl. The summed E-state index contributed by atoms with van der Waals surface area (Å²) in [6.45, 7) is 3.91. The summed E-state index contributed by atoms with van der Waals surface area (Å²) in [5.74, 6) is 0. The highest BCUT2D eigenvalue weighted by Gasteiger charge is 2.42. The number of alkyl halides is 3. The van der Waals surface area contributed by atoms with E-state index in [9.17, 15) is 13.2 Å². The molecule has 2 atom stereocenters. The van der Waals surface area contributed by atoms with E-state index in [2.05, 4.69) is 5.32 Å². The van der Waals surface area contributed by atoms with Crippen molar-refractivity contribution in [3.05, 3.63) is 35.4 Å². The maximum atomic E-state index is 12.9. The van der Waals surface area contributed by atoms with Crippen molar-refractivity contribution < 1.29 is 17.9 Å². The molecule has 1 aliphatic heterocycles. The van der Waals surface area contributed by atoms with Crippen LogP contribution in [0.3, 0.4) is 0 Å². The van der Waals surface area contributed by atoms with Crippen molar-refractivity contribution in [1.82, 2.24) is 5.32 Å². The maximum absolute atomic E-state index is 12.9. The van der Waals surface area contributed by atoms with Crippen LogP contribution in [0.15, 0.2) is 24.3 Å². The Balaban J connectivity index is 0.00000162. The Morgan fingerprint density at radius 1 is 1.33 bits per heavy atom. The van der Waals surface area contributed by atoms with Crippen LogP contribution in [0.2, 0.25) is 0 Å². The summed E-state index contributed by atoms with van der Waals surface area (Å²) in [6, 6.07) is 5.54. The Labute approximate surface area is 110 Å². The van der Waals surface area contributed by atoms with E-state index >= 15 is 0 Å². The van der Waals surface area contributed by atoms with Crippen LogP contribution in [-0.4, -0.2) is 12.6 Å². The molecule has 1 N–H and O–H groups in total. The van der Waals surface area contributed by atoms with Gasteiger partial charge in [0.05, 0.1) is 12.2 Å². The first-order chi connectivity index (χ1) is 7.83. The predicted octanol–water partition coefficient (Wildman–Crippen LogP) is 3.31. The first kappa shape index (κ1) is 15.3. The van der Waals surface area contributed by atoms with Gasteiger partial charge in [-0.3, -0.25) is 5.32 Å². The lowest BCUT2D eigenvalue weighted by Crippen LogP contribution is -2.39. The van der Waals surface area contributed by atoms with Gasteiger partial charge < -0.3 is 4.74 Å². The molecule has 0 amide bonds. The van der Waals surface area contributed by atoms with Gasteiger partial charge in [0, 0.05) is 11.6 Å². The fourth-order valence-corrected chi connectivity index (χ4v) is 2.15. The van der Waals surface area contributed by atoms with E-state index in [-0.39, 0.29) is 24.0 Å². The molecular formula is C12H15ClF3NO. The molecule has 1 aliphatic rings. The molecule has 0 radical (unpaired) electrons. The molecule has 2 nitrogen and oxygen atoms in total. The molecule has 6 heteroatoms. The van der Waals surface area contributed by atoms with Crippen LogP contribution in [0.4, 0.5) is 13.2 Å². The van der Waals surface area contributed by atoms with E-state index < -0.39 is 17.5 Å². The Bertz CT molecular complexity index is 424. The Kier molecular flexibility index (Phi) is 4.30. The van der Waals surface area contributed by atoms with Gasteiger partial charge in [-0.2, -0.15) is 13.2 Å². The summed E-state index contributed by atoms with van der Waals surface area (Å²) in [5, 5.41) is 3.04. The predicted molar refractivity (Wildman–Crippen MR) is 64.6 cm³/mol. The molecular weight excluding hydrogens is 267 g/mol. The topological polar surface area (TPSA) is 21.3 Å². The van der Waals surface area contributed by atoms with Gasteiger partial charge in [-0.15, -0.1) is 12.4 Å². The maximum Gasteiger partial charge on any atom is 0.416 e. The smallest absolute Gasteiger partial charge is 0.355 e. The Hall–Kier alpha value is -0.780. The van der Waals surface area contributed by atoms with Crippen molar-refractivity contribution in [1.29, 1.82) is 0 Å². The van der Waals surface area contributed by atoms with Gasteiger partial charge in [-0.25, -0.2) is 0 Å². The molecule has 0 spiro atoms. The van der Waals surface area contributed by atoms with E-state index in [1.807, 2.05) is 6.92 Å². The zero-order valence-electron chi connectivity index (χ0n) is 10.0. The standard InChI is InChI=1S/C12H14F3NO.ClH/c1-8-7-17-11(2,16-8)9-5-3-4-6-10(9)12(13,14)15;/h3-6,8,16H,7H2,1-2H3;1H. The molecule has 1 aromatic rings. The van der Waals surface area contributed by atoms with Crippen molar-refractivity contribution in [3.63, 3.8) is 0 Å². The van der Waals surface area contributed by atoms with Crippen LogP contribution in [0.1, 0.15) is 25.0 Å². The third-order valence-electron chi connectivity index (χ3n) is 2.89. The Morgan fingerprint density at radius 2 is 1.94 bits per heavy atom. The fraction of sp³-hybridized carbons (Fsp3) is 0.500. The van der Waals surface area contributed by atoms with E-state index in [0.29, 0.717) is 6.61 Å². The number of benzene rings is 1. The molecule has 102 valence electrons. The Morgan fingerprint density at radius 3 is 2.44 bits per heavy atom. The fourth-order valence-electron chi connectivity index (χ4n) is 2.15. The lowest BCUT2D eigenvalue weighted by Gasteiger charge is -2.27. The van der Waals surface area contributed by atoms with Crippen molar-refractivity contribution in [3.8, 4) is 0 Å². The monoisotopic (exact) mass is 281 g/mol. The second-order valence-corrected chi connectivity index (χ2v) is 4.43. The zero-order valence-corrected chi connectivity index (χ0v) is 10.9. The number of halogens is 4. The van der Waals surface area contributed by atoms with Gasteiger partial charge >= 0.3 is 6.18 Å². The van der Waals surface area contributed by atoms with Gasteiger partial charge in [0.25, 0.3) is 0 Å². The summed E-state index contributed by atoms with van der Waals surface area (Å²) in [4.78, 5) is 0. The highest BCUT2D eigenvalue weighted by atomic mass is 35.5. The second kappa shape index (κ2) is 5.07. The van der Waals surface area contributed by atoms with Gasteiger partial charge in [0.1, 0.15) is 5.72 Å². The summed E-state index contributed by atoms with van der Waals surface area (Å²) >= 11 is 0. The van der Waals surface area contributed by atoms with Crippen LogP contribution in [-0.2, 0) is 16.6 Å². The van der Waals surface area contributed by atoms with E-state index in [1.54, 1.807) is 13.0 Å². The average Bonchev–Trinajstić information content (AvgIpc) is 2.59. The van der Waals surface area contributed by atoms with Crippen molar-refractivity contribution in [2.75, 3.05) is 6.61 Å². The molecule has 1 saturated heterocycles. The summed E-state index contributed by atoms with van der Waals surface area (Å²) < 4.78 is 44.1. The molecule has 18 heavy (non-hydrogen) atoms. The van der Waals surface area contributed by atoms with Crippen LogP contribution in [0.5, 0.6) is 0 Å². The quantitative estimate of drug-likeness (QED) is 0.853. The molecule has 0 aliphatic carbocycles. The second-order valence-electron chi connectivity index (χ2n) is 4.43. The normalized spacial score (nSPS) is 27.9. The average molecular weight is 282 g/mol. The third kappa shape index (κ3) is 2.79. The number of hydrogen-bond donors (Lipinski definition) is 1.